The Kier molecular flexibility index (Phi) is 6.88. The Morgan fingerprint density at radius 2 is 2.09 bits per heavy atom. The van der Waals surface area contributed by atoms with E-state index in [9.17, 15) is 0 Å². The molecule has 2 aromatic rings. The number of thiophene rings is 1. The first-order valence-corrected chi connectivity index (χ1v) is 9.39. The first-order chi connectivity index (χ1) is 11.1. The Balaban J connectivity index is 0.000000338. The first kappa shape index (κ1) is 18.3. The van der Waals surface area contributed by atoms with E-state index in [0.29, 0.717) is 5.92 Å². The molecule has 1 atom stereocenters. The molecule has 1 aliphatic rings. The van der Waals surface area contributed by atoms with E-state index in [-0.39, 0.29) is 0 Å². The van der Waals surface area contributed by atoms with Gasteiger partial charge < -0.3 is 4.90 Å². The number of rotatable bonds is 3. The second kappa shape index (κ2) is 8.68. The fourth-order valence-electron chi connectivity index (χ4n) is 2.99. The van der Waals surface area contributed by atoms with Gasteiger partial charge in [0.05, 0.1) is 4.34 Å². The first-order valence-electron chi connectivity index (χ1n) is 8.19. The number of allylic oxidation sites excluding steroid dienone is 1. The summed E-state index contributed by atoms with van der Waals surface area (Å²) in [5, 5.41) is 0. The molecule has 1 aromatic carbocycles. The van der Waals surface area contributed by atoms with Gasteiger partial charge in [-0.25, -0.2) is 0 Å². The lowest BCUT2D eigenvalue weighted by molar-refractivity contribution is 0.299. The predicted octanol–water partition coefficient (Wildman–Crippen LogP) is 6.26. The number of unbranched alkanes of at least 4 members (excludes halogenated alkanes) is 1. The lowest BCUT2D eigenvalue weighted by atomic mass is 9.86. The van der Waals surface area contributed by atoms with Crippen LogP contribution in [0, 0.1) is 6.92 Å². The van der Waals surface area contributed by atoms with Crippen LogP contribution in [0.3, 0.4) is 0 Å². The molecule has 124 valence electrons. The van der Waals surface area contributed by atoms with Crippen molar-refractivity contribution >= 4 is 22.9 Å². The van der Waals surface area contributed by atoms with Crippen LogP contribution < -0.4 is 0 Å². The quantitative estimate of drug-likeness (QED) is 0.592. The molecule has 0 radical (unpaired) electrons. The van der Waals surface area contributed by atoms with Crippen LogP contribution in [-0.2, 0) is 6.54 Å². The summed E-state index contributed by atoms with van der Waals surface area (Å²) in [7, 11) is 2.18. The number of fused-ring (bicyclic) bond motifs is 1. The average Bonchev–Trinajstić information content (AvgIpc) is 2.88. The van der Waals surface area contributed by atoms with Gasteiger partial charge in [-0.15, -0.1) is 17.9 Å². The third-order valence-corrected chi connectivity index (χ3v) is 5.42. The van der Waals surface area contributed by atoms with E-state index in [2.05, 4.69) is 62.7 Å². The highest BCUT2D eigenvalue weighted by molar-refractivity contribution is 7.16. The summed E-state index contributed by atoms with van der Waals surface area (Å²) in [6, 6.07) is 10.8. The smallest absolute Gasteiger partial charge is 0.0934 e. The van der Waals surface area contributed by atoms with E-state index in [0.717, 1.165) is 23.8 Å². The van der Waals surface area contributed by atoms with Crippen molar-refractivity contribution in [3.8, 4) is 0 Å². The van der Waals surface area contributed by atoms with Gasteiger partial charge in [0.25, 0.3) is 0 Å². The van der Waals surface area contributed by atoms with E-state index >= 15 is 0 Å². The molecule has 0 spiro atoms. The highest BCUT2D eigenvalue weighted by atomic mass is 35.5. The summed E-state index contributed by atoms with van der Waals surface area (Å²) in [4.78, 5) is 3.80. The summed E-state index contributed by atoms with van der Waals surface area (Å²) in [6.45, 7) is 9.98. The van der Waals surface area contributed by atoms with Crippen LogP contribution >= 0.6 is 22.9 Å². The van der Waals surface area contributed by atoms with Gasteiger partial charge in [-0.3, -0.25) is 0 Å². The van der Waals surface area contributed by atoms with Crippen molar-refractivity contribution in [2.45, 2.75) is 39.2 Å². The molecule has 1 unspecified atom stereocenters. The average molecular weight is 348 g/mol. The Morgan fingerprint density at radius 3 is 2.70 bits per heavy atom. The molecule has 0 saturated carbocycles. The van der Waals surface area contributed by atoms with E-state index < -0.39 is 0 Å². The maximum atomic E-state index is 6.19. The number of nitrogens with zero attached hydrogens (tertiary/aromatic N) is 1. The normalized spacial score (nSPS) is 17.1. The Hall–Kier alpha value is -1.09. The monoisotopic (exact) mass is 347 g/mol. The van der Waals surface area contributed by atoms with Crippen molar-refractivity contribution in [1.82, 2.24) is 4.90 Å². The number of likely N-dealkylation sites (N-methyl/N-ethyl adjacent to an activating group) is 1. The number of halogens is 1. The summed E-state index contributed by atoms with van der Waals surface area (Å²) >= 11 is 7.91. The third-order valence-electron chi connectivity index (χ3n) is 4.15. The molecular formula is C20H26ClNS. The van der Waals surface area contributed by atoms with E-state index in [1.54, 1.807) is 11.3 Å². The summed E-state index contributed by atoms with van der Waals surface area (Å²) in [5.74, 6) is 0.462. The number of hydrogen-bond donors (Lipinski definition) is 0. The molecule has 0 aliphatic carbocycles. The van der Waals surface area contributed by atoms with Crippen molar-refractivity contribution in [2.24, 2.45) is 0 Å². The minimum atomic E-state index is 0.462. The molecule has 2 heterocycles. The minimum absolute atomic E-state index is 0.462. The van der Waals surface area contributed by atoms with Crippen molar-refractivity contribution < 1.29 is 0 Å². The van der Waals surface area contributed by atoms with Gasteiger partial charge in [-0.2, -0.15) is 0 Å². The maximum absolute atomic E-state index is 6.19. The molecular weight excluding hydrogens is 322 g/mol. The van der Waals surface area contributed by atoms with E-state index in [1.807, 2.05) is 6.08 Å². The lowest BCUT2D eigenvalue weighted by Crippen LogP contribution is -2.30. The van der Waals surface area contributed by atoms with Gasteiger partial charge in [0.15, 0.2) is 0 Å². The van der Waals surface area contributed by atoms with Crippen LogP contribution in [-0.4, -0.2) is 18.5 Å². The van der Waals surface area contributed by atoms with E-state index in [1.165, 1.54) is 28.0 Å². The van der Waals surface area contributed by atoms with Crippen LogP contribution in [0.2, 0.25) is 4.34 Å². The second-order valence-electron chi connectivity index (χ2n) is 6.11. The summed E-state index contributed by atoms with van der Waals surface area (Å²) in [6.07, 6.45) is 4.31. The van der Waals surface area contributed by atoms with Crippen LogP contribution in [0.4, 0.5) is 0 Å². The molecule has 0 bridgehead atoms. The predicted molar refractivity (Wildman–Crippen MR) is 104 cm³/mol. The zero-order valence-electron chi connectivity index (χ0n) is 14.3. The van der Waals surface area contributed by atoms with Gasteiger partial charge in [-0.05, 0) is 43.1 Å². The Labute approximate surface area is 149 Å². The highest BCUT2D eigenvalue weighted by Crippen LogP contribution is 2.40. The number of aryl methyl sites for hydroxylation is 1. The standard InChI is InChI=1S/C15H16ClNS.C5H10/c1-10-5-3-4-6-11(10)13-8-17(2)9-14-12(13)7-15(16)18-14;1-3-5-4-2/h3-7,13H,8-9H2,1-2H3;3H,1,4-5H2,2H3. The fourth-order valence-corrected chi connectivity index (χ4v) is 4.42. The molecule has 0 fully saturated rings. The van der Waals surface area contributed by atoms with Crippen LogP contribution in [0.25, 0.3) is 0 Å². The fraction of sp³-hybridized carbons (Fsp3) is 0.400. The third kappa shape index (κ3) is 4.69. The van der Waals surface area contributed by atoms with Crippen LogP contribution in [0.15, 0.2) is 43.0 Å². The van der Waals surface area contributed by atoms with Gasteiger partial charge >= 0.3 is 0 Å². The number of hydrogen-bond acceptors (Lipinski definition) is 2. The molecule has 0 saturated heterocycles. The van der Waals surface area contributed by atoms with Gasteiger partial charge in [-0.1, -0.05) is 55.3 Å². The SMILES string of the molecule is C=CCCC.Cc1ccccc1C1CN(C)Cc2sc(Cl)cc21. The zero-order valence-corrected chi connectivity index (χ0v) is 15.9. The molecule has 3 heteroatoms. The van der Waals surface area contributed by atoms with Crippen LogP contribution in [0.5, 0.6) is 0 Å². The Bertz CT molecular complexity index is 647. The van der Waals surface area contributed by atoms with Crippen LogP contribution in [0.1, 0.15) is 47.3 Å². The van der Waals surface area contributed by atoms with Crippen molar-refractivity contribution in [1.29, 1.82) is 0 Å². The largest absolute Gasteiger partial charge is 0.300 e. The molecule has 1 aliphatic heterocycles. The molecule has 0 amide bonds. The second-order valence-corrected chi connectivity index (χ2v) is 7.88. The van der Waals surface area contributed by atoms with Gasteiger partial charge in [0.1, 0.15) is 0 Å². The van der Waals surface area contributed by atoms with Crippen molar-refractivity contribution in [2.75, 3.05) is 13.6 Å². The van der Waals surface area contributed by atoms with Crippen molar-refractivity contribution in [3.05, 3.63) is 68.9 Å². The van der Waals surface area contributed by atoms with Crippen molar-refractivity contribution in [3.63, 3.8) is 0 Å². The molecule has 0 N–H and O–H groups in total. The van der Waals surface area contributed by atoms with Gasteiger partial charge in [0.2, 0.25) is 0 Å². The number of benzene rings is 1. The molecule has 3 rings (SSSR count). The maximum Gasteiger partial charge on any atom is 0.0934 e. The summed E-state index contributed by atoms with van der Waals surface area (Å²) in [5.41, 5.74) is 4.23. The molecule has 23 heavy (non-hydrogen) atoms. The minimum Gasteiger partial charge on any atom is -0.300 e. The van der Waals surface area contributed by atoms with E-state index in [4.69, 9.17) is 11.6 Å². The van der Waals surface area contributed by atoms with Gasteiger partial charge in [0, 0.05) is 23.9 Å². The molecule has 1 aromatic heterocycles. The molecule has 1 nitrogen and oxygen atoms in total. The summed E-state index contributed by atoms with van der Waals surface area (Å²) < 4.78 is 0.911. The topological polar surface area (TPSA) is 3.24 Å². The zero-order chi connectivity index (χ0) is 16.8. The highest BCUT2D eigenvalue weighted by Gasteiger charge is 2.27. The Morgan fingerprint density at radius 1 is 1.35 bits per heavy atom. The lowest BCUT2D eigenvalue weighted by Gasteiger charge is -2.31.